The van der Waals surface area contributed by atoms with E-state index in [4.69, 9.17) is 0 Å². The number of phenolic OH excluding ortho intramolecular Hbond substituents is 4. The van der Waals surface area contributed by atoms with Crippen LogP contribution in [0.15, 0.2) is 0 Å². The molecule has 2 atom stereocenters. The van der Waals surface area contributed by atoms with Gasteiger partial charge in [0.2, 0.25) is 11.5 Å². The van der Waals surface area contributed by atoms with Gasteiger partial charge in [-0.1, -0.05) is 0 Å². The smallest absolute Gasteiger partial charge is 0.389 e. The Bertz CT molecular complexity index is 1360. The van der Waals surface area contributed by atoms with Crippen molar-refractivity contribution >= 4 is 16.8 Å². The number of aromatic nitrogens is 2. The number of amides is 1. The monoisotopic (exact) mass is 568 g/mol. The number of fused-ring (bicyclic) bond motifs is 3. The molecule has 39 heavy (non-hydrogen) atoms. The molecule has 0 spiro atoms. The zero-order valence-electron chi connectivity index (χ0n) is 19.3. The molecule has 2 aromatic rings. The second-order valence-corrected chi connectivity index (χ2v) is 9.53. The summed E-state index contributed by atoms with van der Waals surface area (Å²) in [5.74, 6) is -20.9. The quantitative estimate of drug-likeness (QED) is 0.0927. The molecule has 2 unspecified atom stereocenters. The number of likely N-dealkylation sites (N-methyl/N-ethyl adjacent to an activating group) is 1. The van der Waals surface area contributed by atoms with Gasteiger partial charge in [0, 0.05) is 12.8 Å². The molecule has 0 aliphatic carbocycles. The number of aromatic hydroxyl groups is 4. The number of hydrogen-bond acceptors (Lipinski definition) is 19. The van der Waals surface area contributed by atoms with Crippen LogP contribution in [-0.4, -0.2) is 144 Å². The summed E-state index contributed by atoms with van der Waals surface area (Å²) < 4.78 is -0.342. The zero-order chi connectivity index (χ0) is 30.1. The summed E-state index contributed by atoms with van der Waals surface area (Å²) >= 11 is 0. The third-order valence-corrected chi connectivity index (χ3v) is 7.14. The van der Waals surface area contributed by atoms with Gasteiger partial charge in [-0.3, -0.25) is 4.79 Å². The fraction of sp³-hybridized carbons (Fsp3) is 0.556. The molecule has 0 radical (unpaired) electrons. The number of carbonyl (C=O) groups excluding carboxylic acids is 1. The van der Waals surface area contributed by atoms with Crippen molar-refractivity contribution in [3.63, 3.8) is 0 Å². The molecule has 1 aromatic heterocycles. The van der Waals surface area contributed by atoms with Gasteiger partial charge in [0.1, 0.15) is 11.2 Å². The molecule has 2 bridgehead atoms. The molecule has 21 heteroatoms. The molecule has 2 fully saturated rings. The highest BCUT2D eigenvalue weighted by atomic mass is 16.7. The van der Waals surface area contributed by atoms with Crippen molar-refractivity contribution in [2.75, 3.05) is 7.05 Å². The predicted molar refractivity (Wildman–Crippen MR) is 112 cm³/mol. The third-order valence-electron chi connectivity index (χ3n) is 7.14. The molecule has 3 heterocycles. The van der Waals surface area contributed by atoms with Gasteiger partial charge in [-0.25, -0.2) is 4.90 Å². The van der Waals surface area contributed by atoms with Gasteiger partial charge in [-0.05, 0) is 7.05 Å². The summed E-state index contributed by atoms with van der Waals surface area (Å²) in [6, 6.07) is 0. The van der Waals surface area contributed by atoms with Crippen LogP contribution in [0.3, 0.4) is 0 Å². The van der Waals surface area contributed by atoms with E-state index in [0.717, 1.165) is 0 Å². The van der Waals surface area contributed by atoms with Crippen LogP contribution >= 0.6 is 0 Å². The highest BCUT2D eigenvalue weighted by Gasteiger charge is 2.86. The average molecular weight is 568 g/mol. The maximum absolute atomic E-state index is 13.1. The second kappa shape index (κ2) is 7.52. The highest BCUT2D eigenvalue weighted by molar-refractivity contribution is 6.10. The summed E-state index contributed by atoms with van der Waals surface area (Å²) in [6.45, 7) is 0. The number of nitrogens with zero attached hydrogens (tertiary/aromatic N) is 3. The third kappa shape index (κ3) is 3.23. The minimum absolute atomic E-state index is 0.0533. The normalized spacial score (nSPS) is 31.8. The van der Waals surface area contributed by atoms with Crippen LogP contribution in [0.1, 0.15) is 23.3 Å². The van der Waals surface area contributed by atoms with Crippen molar-refractivity contribution in [3.05, 3.63) is 5.69 Å². The van der Waals surface area contributed by atoms with E-state index in [9.17, 15) is 86.5 Å². The lowest BCUT2D eigenvalue weighted by Gasteiger charge is -2.68. The highest BCUT2D eigenvalue weighted by Crippen LogP contribution is 2.57. The molecule has 2 aliphatic heterocycles. The Labute approximate surface area is 213 Å². The van der Waals surface area contributed by atoms with Gasteiger partial charge in [-0.2, -0.15) is 9.78 Å². The van der Waals surface area contributed by atoms with Crippen LogP contribution in [0.25, 0.3) is 10.9 Å². The SMILES string of the molecule is CN1C2(O)CC(O)(NC(=O)c3nn(C(O)(O)O)c4c(O)c(O)c(O)c(O)c34)CC1(O)C(O)(O)C(O)(O)C2(O)O. The Hall–Kier alpha value is -3.16. The minimum atomic E-state index is -4.49. The van der Waals surface area contributed by atoms with Gasteiger partial charge < -0.3 is 87.0 Å². The van der Waals surface area contributed by atoms with E-state index in [0.29, 0.717) is 7.05 Å². The van der Waals surface area contributed by atoms with Crippen molar-refractivity contribution in [2.45, 2.75) is 53.5 Å². The van der Waals surface area contributed by atoms with Gasteiger partial charge in [0.25, 0.3) is 23.3 Å². The lowest BCUT2D eigenvalue weighted by atomic mass is 9.65. The summed E-state index contributed by atoms with van der Waals surface area (Å²) in [5, 5.41) is 167. The van der Waals surface area contributed by atoms with Crippen molar-refractivity contribution in [2.24, 2.45) is 0 Å². The molecule has 0 saturated carbocycles. The van der Waals surface area contributed by atoms with Crippen molar-refractivity contribution < 1.29 is 86.5 Å². The molecule has 4 rings (SSSR count). The fourth-order valence-electron chi connectivity index (χ4n) is 4.99. The maximum Gasteiger partial charge on any atom is 0.389 e. The number of aliphatic hydroxyl groups is 12. The summed E-state index contributed by atoms with van der Waals surface area (Å²) in [7, 11) is 0.646. The first-order valence-electron chi connectivity index (χ1n) is 10.5. The van der Waals surface area contributed by atoms with E-state index in [2.05, 4.69) is 5.10 Å². The van der Waals surface area contributed by atoms with Crippen LogP contribution < -0.4 is 5.32 Å². The van der Waals surface area contributed by atoms with Crippen molar-refractivity contribution in [1.82, 2.24) is 20.0 Å². The van der Waals surface area contributed by atoms with Crippen LogP contribution in [0.4, 0.5) is 0 Å². The predicted octanol–water partition coefficient (Wildman–Crippen LogP) is -8.02. The average Bonchev–Trinajstić information content (AvgIpc) is 3.20. The van der Waals surface area contributed by atoms with Crippen molar-refractivity contribution in [3.8, 4) is 23.0 Å². The summed E-state index contributed by atoms with van der Waals surface area (Å²) in [4.78, 5) is 13.2. The molecule has 218 valence electrons. The molecule has 1 aromatic carbocycles. The number of phenols is 4. The lowest BCUT2D eigenvalue weighted by Crippen LogP contribution is -2.95. The second-order valence-electron chi connectivity index (χ2n) is 9.53. The van der Waals surface area contributed by atoms with E-state index >= 15 is 0 Å². The Morgan fingerprint density at radius 1 is 0.769 bits per heavy atom. The number of nitrogens with one attached hydrogen (secondary N) is 1. The standard InChI is InChI=1S/C18H24N4O17/c1-21-13(29)2-12(28,3-14(21,30)16(33,34)17(35,36)15(13,31)32)19-11(27)5-4-6(22(20-5)18(37,38)39)8(24)10(26)9(25)7(4)23/h23-26,28-39H,2-3H2,1H3,(H,19,27). The Morgan fingerprint density at radius 3 is 1.64 bits per heavy atom. The zero-order valence-corrected chi connectivity index (χ0v) is 19.3. The molecule has 1 amide bonds. The van der Waals surface area contributed by atoms with Gasteiger partial charge >= 0.3 is 6.10 Å². The van der Waals surface area contributed by atoms with E-state index in [1.165, 1.54) is 0 Å². The van der Waals surface area contributed by atoms with E-state index < -0.39 is 99.0 Å². The summed E-state index contributed by atoms with van der Waals surface area (Å²) in [5.41, 5.74) is -12.8. The number of carbonyl (C=O) groups is 1. The first-order valence-corrected chi connectivity index (χ1v) is 10.5. The first-order chi connectivity index (χ1) is 17.3. The fourth-order valence-corrected chi connectivity index (χ4v) is 4.99. The number of benzene rings is 1. The Balaban J connectivity index is 1.88. The number of piperidine rings is 2. The number of hydrogen-bond donors (Lipinski definition) is 17. The minimum Gasteiger partial charge on any atom is -0.504 e. The van der Waals surface area contributed by atoms with Crippen molar-refractivity contribution in [1.29, 1.82) is 0 Å². The Morgan fingerprint density at radius 2 is 1.21 bits per heavy atom. The largest absolute Gasteiger partial charge is 0.504 e. The van der Waals surface area contributed by atoms with Gasteiger partial charge in [0.05, 0.1) is 5.39 Å². The maximum atomic E-state index is 13.1. The molecule has 21 nitrogen and oxygen atoms in total. The molecule has 2 aliphatic rings. The lowest BCUT2D eigenvalue weighted by molar-refractivity contribution is -0.581. The van der Waals surface area contributed by atoms with Crippen LogP contribution in [0.2, 0.25) is 0 Å². The number of rotatable bonds is 3. The molecule has 2 saturated heterocycles. The topological polar surface area (TPSA) is 374 Å². The van der Waals surface area contributed by atoms with Crippen LogP contribution in [0.5, 0.6) is 23.0 Å². The van der Waals surface area contributed by atoms with Gasteiger partial charge in [0.15, 0.2) is 28.6 Å². The Kier molecular flexibility index (Phi) is 5.56. The van der Waals surface area contributed by atoms with E-state index in [-0.39, 0.29) is 9.58 Å². The first kappa shape index (κ1) is 28.8. The summed E-state index contributed by atoms with van der Waals surface area (Å²) in [6.07, 6.45) is -7.15. The molecular formula is C18H24N4O17. The van der Waals surface area contributed by atoms with Crippen LogP contribution in [0, 0.1) is 0 Å². The van der Waals surface area contributed by atoms with Crippen LogP contribution in [-0.2, 0) is 6.10 Å². The van der Waals surface area contributed by atoms with Gasteiger partial charge in [-0.15, -0.1) is 0 Å². The molecular weight excluding hydrogens is 544 g/mol. The van der Waals surface area contributed by atoms with E-state index in [1.54, 1.807) is 5.32 Å². The molecule has 17 N–H and O–H groups in total. The van der Waals surface area contributed by atoms with E-state index in [1.807, 2.05) is 0 Å².